The zero-order valence-corrected chi connectivity index (χ0v) is 18.4. The summed E-state index contributed by atoms with van der Waals surface area (Å²) in [4.78, 5) is 0. The molecule has 28 heavy (non-hydrogen) atoms. The average Bonchev–Trinajstić information content (AvgIpc) is 3.32. The van der Waals surface area contributed by atoms with E-state index in [4.69, 9.17) is 0 Å². The summed E-state index contributed by atoms with van der Waals surface area (Å²) in [6.45, 7) is 7.76. The third kappa shape index (κ3) is 6.18. The van der Waals surface area contributed by atoms with E-state index in [1.807, 2.05) is 6.08 Å². The maximum Gasteiger partial charge on any atom is 0.0749 e. The zero-order chi connectivity index (χ0) is 20.1. The van der Waals surface area contributed by atoms with Crippen LogP contribution >= 0.6 is 0 Å². The van der Waals surface area contributed by atoms with Gasteiger partial charge in [-0.1, -0.05) is 36.6 Å². The van der Waals surface area contributed by atoms with Crippen molar-refractivity contribution in [1.29, 1.82) is 0 Å². The van der Waals surface area contributed by atoms with Gasteiger partial charge in [-0.05, 0) is 96.4 Å². The Labute approximate surface area is 172 Å². The fraction of sp³-hybridized carbons (Fsp3) is 0.840. The van der Waals surface area contributed by atoms with Crippen LogP contribution in [-0.2, 0) is 0 Å². The number of unbranched alkanes of at least 4 members (excludes halogenated alkanes) is 2. The van der Waals surface area contributed by atoms with Crippen LogP contribution < -0.4 is 5.32 Å². The van der Waals surface area contributed by atoms with Crippen LogP contribution in [0.4, 0.5) is 0 Å². The van der Waals surface area contributed by atoms with Gasteiger partial charge in [0.1, 0.15) is 0 Å². The van der Waals surface area contributed by atoms with Gasteiger partial charge in [-0.25, -0.2) is 0 Å². The Morgan fingerprint density at radius 1 is 1.14 bits per heavy atom. The van der Waals surface area contributed by atoms with Crippen molar-refractivity contribution in [3.05, 3.63) is 23.8 Å². The summed E-state index contributed by atoms with van der Waals surface area (Å²) in [7, 11) is 0. The second kappa shape index (κ2) is 9.91. The fourth-order valence-corrected chi connectivity index (χ4v) is 5.68. The van der Waals surface area contributed by atoms with Gasteiger partial charge in [0.2, 0.25) is 0 Å². The first-order chi connectivity index (χ1) is 13.3. The zero-order valence-electron chi connectivity index (χ0n) is 18.4. The van der Waals surface area contributed by atoms with Crippen LogP contribution in [0.1, 0.15) is 85.0 Å². The van der Waals surface area contributed by atoms with Gasteiger partial charge >= 0.3 is 0 Å². The lowest BCUT2D eigenvalue weighted by Crippen LogP contribution is -2.36. The summed E-state index contributed by atoms with van der Waals surface area (Å²) in [5.74, 6) is 1.90. The third-order valence-corrected chi connectivity index (χ3v) is 7.24. The molecule has 0 spiro atoms. The van der Waals surface area contributed by atoms with Crippen molar-refractivity contribution in [3.63, 3.8) is 0 Å². The van der Waals surface area contributed by atoms with Gasteiger partial charge < -0.3 is 15.5 Å². The maximum atomic E-state index is 10.5. The highest BCUT2D eigenvalue weighted by Gasteiger charge is 2.45. The van der Waals surface area contributed by atoms with Crippen LogP contribution in [0.5, 0.6) is 0 Å². The molecule has 0 saturated heterocycles. The molecule has 0 aromatic rings. The van der Waals surface area contributed by atoms with Crippen molar-refractivity contribution in [2.45, 2.75) is 103 Å². The summed E-state index contributed by atoms with van der Waals surface area (Å²) in [6.07, 6.45) is 17.9. The van der Waals surface area contributed by atoms with Gasteiger partial charge in [-0.15, -0.1) is 0 Å². The first kappa shape index (κ1) is 22.1. The highest BCUT2D eigenvalue weighted by molar-refractivity contribution is 5.18. The van der Waals surface area contributed by atoms with Gasteiger partial charge in [0, 0.05) is 11.5 Å². The van der Waals surface area contributed by atoms with E-state index in [-0.39, 0.29) is 23.7 Å². The maximum absolute atomic E-state index is 10.5. The molecule has 160 valence electrons. The largest absolute Gasteiger partial charge is 0.392 e. The highest BCUT2D eigenvalue weighted by atomic mass is 16.3. The van der Waals surface area contributed by atoms with E-state index in [9.17, 15) is 10.2 Å². The lowest BCUT2D eigenvalue weighted by Gasteiger charge is -2.20. The molecule has 0 heterocycles. The second-order valence-corrected chi connectivity index (χ2v) is 10.7. The van der Waals surface area contributed by atoms with Crippen molar-refractivity contribution in [3.8, 4) is 0 Å². The van der Waals surface area contributed by atoms with E-state index < -0.39 is 0 Å². The molecular formula is C25H43NO2. The van der Waals surface area contributed by atoms with E-state index in [0.717, 1.165) is 32.2 Å². The average molecular weight is 390 g/mol. The number of hydrogen-bond acceptors (Lipinski definition) is 3. The molecule has 0 amide bonds. The molecule has 3 heteroatoms. The Morgan fingerprint density at radius 2 is 1.89 bits per heavy atom. The first-order valence-corrected chi connectivity index (χ1v) is 11.8. The molecular weight excluding hydrogens is 346 g/mol. The molecule has 3 saturated carbocycles. The van der Waals surface area contributed by atoms with Gasteiger partial charge in [-0.3, -0.25) is 0 Å². The minimum Gasteiger partial charge on any atom is -0.392 e. The third-order valence-electron chi connectivity index (χ3n) is 7.24. The molecule has 3 fully saturated rings. The smallest absolute Gasteiger partial charge is 0.0749 e. The number of aliphatic hydroxyl groups is 2. The summed E-state index contributed by atoms with van der Waals surface area (Å²) < 4.78 is 0. The SMILES string of the molecule is CC(C)(C)NCCCCC=C1C[C@H]2C[C@@H](O)[C@H](C=C[C@@H](O)C3CCCC3)[C@H]2C1. The van der Waals surface area contributed by atoms with Crippen LogP contribution in [0.25, 0.3) is 0 Å². The topological polar surface area (TPSA) is 52.5 Å². The van der Waals surface area contributed by atoms with E-state index >= 15 is 0 Å². The molecule has 0 aromatic heterocycles. The van der Waals surface area contributed by atoms with E-state index in [1.165, 1.54) is 38.5 Å². The molecule has 0 unspecified atom stereocenters. The molecule has 3 rings (SSSR count). The van der Waals surface area contributed by atoms with E-state index in [0.29, 0.717) is 17.8 Å². The monoisotopic (exact) mass is 389 g/mol. The van der Waals surface area contributed by atoms with Crippen molar-refractivity contribution in [1.82, 2.24) is 5.32 Å². The molecule has 3 aliphatic rings. The number of hydrogen-bond donors (Lipinski definition) is 3. The highest BCUT2D eigenvalue weighted by Crippen LogP contribution is 2.50. The Bertz CT molecular complexity index is 541. The van der Waals surface area contributed by atoms with Crippen molar-refractivity contribution in [2.75, 3.05) is 6.54 Å². The molecule has 0 aliphatic heterocycles. The summed E-state index contributed by atoms with van der Waals surface area (Å²) in [5, 5.41) is 24.5. The van der Waals surface area contributed by atoms with Crippen LogP contribution in [0.3, 0.4) is 0 Å². The van der Waals surface area contributed by atoms with Crippen LogP contribution in [-0.4, -0.2) is 34.5 Å². The van der Waals surface area contributed by atoms with Gasteiger partial charge in [0.25, 0.3) is 0 Å². The van der Waals surface area contributed by atoms with Gasteiger partial charge in [0.05, 0.1) is 12.2 Å². The standard InChI is InChI=1S/C25H43NO2/c1-25(2,3)26-14-8-4-5-9-18-15-20-17-24(28)21(22(20)16-18)12-13-23(27)19-10-6-7-11-19/h9,12-13,19-24,26-28H,4-8,10-11,14-17H2,1-3H3/t20-,21+,22-,23+,24+/m0/s1. The predicted octanol–water partition coefficient (Wildman–Crippen LogP) is 4.99. The van der Waals surface area contributed by atoms with Gasteiger partial charge in [-0.2, -0.15) is 0 Å². The minimum absolute atomic E-state index is 0.216. The van der Waals surface area contributed by atoms with Crippen LogP contribution in [0, 0.1) is 23.7 Å². The quantitative estimate of drug-likeness (QED) is 0.405. The normalized spacial score (nSPS) is 34.0. The number of rotatable bonds is 8. The Hall–Kier alpha value is -0.640. The Morgan fingerprint density at radius 3 is 2.61 bits per heavy atom. The fourth-order valence-electron chi connectivity index (χ4n) is 5.68. The Balaban J connectivity index is 1.43. The Kier molecular flexibility index (Phi) is 7.81. The molecule has 0 radical (unpaired) electrons. The van der Waals surface area contributed by atoms with Crippen molar-refractivity contribution in [2.24, 2.45) is 23.7 Å². The molecule has 5 atom stereocenters. The van der Waals surface area contributed by atoms with Crippen LogP contribution in [0.2, 0.25) is 0 Å². The second-order valence-electron chi connectivity index (χ2n) is 10.7. The lowest BCUT2D eigenvalue weighted by molar-refractivity contribution is 0.135. The number of nitrogens with one attached hydrogen (secondary N) is 1. The number of aliphatic hydroxyl groups excluding tert-OH is 2. The predicted molar refractivity (Wildman–Crippen MR) is 117 cm³/mol. The minimum atomic E-state index is -0.313. The number of fused-ring (bicyclic) bond motifs is 1. The van der Waals surface area contributed by atoms with Crippen LogP contribution in [0.15, 0.2) is 23.8 Å². The molecule has 3 aliphatic carbocycles. The van der Waals surface area contributed by atoms with Crippen molar-refractivity contribution >= 4 is 0 Å². The lowest BCUT2D eigenvalue weighted by atomic mass is 9.89. The number of allylic oxidation sites excluding steroid dienone is 2. The van der Waals surface area contributed by atoms with Gasteiger partial charge in [0.15, 0.2) is 0 Å². The van der Waals surface area contributed by atoms with E-state index in [2.05, 4.69) is 38.2 Å². The molecule has 0 bridgehead atoms. The van der Waals surface area contributed by atoms with E-state index in [1.54, 1.807) is 5.57 Å². The summed E-state index contributed by atoms with van der Waals surface area (Å²) in [6, 6.07) is 0. The molecule has 0 aromatic carbocycles. The summed E-state index contributed by atoms with van der Waals surface area (Å²) >= 11 is 0. The first-order valence-electron chi connectivity index (χ1n) is 11.8. The molecule has 3 nitrogen and oxygen atoms in total. The summed E-state index contributed by atoms with van der Waals surface area (Å²) in [5.41, 5.74) is 1.83. The molecule has 3 N–H and O–H groups in total. The van der Waals surface area contributed by atoms with Crippen molar-refractivity contribution < 1.29 is 10.2 Å².